The van der Waals surface area contributed by atoms with Crippen LogP contribution in [-0.4, -0.2) is 32.2 Å². The smallest absolute Gasteiger partial charge is 0.325 e. The summed E-state index contributed by atoms with van der Waals surface area (Å²) in [4.78, 5) is 22.4. The third kappa shape index (κ3) is 5.27. The average molecular weight is 279 g/mol. The van der Waals surface area contributed by atoms with Crippen LogP contribution in [0.25, 0.3) is 0 Å². The molecule has 110 valence electrons. The fourth-order valence-corrected chi connectivity index (χ4v) is 1.68. The number of amides is 2. The third-order valence-electron chi connectivity index (χ3n) is 2.80. The summed E-state index contributed by atoms with van der Waals surface area (Å²) in [6.45, 7) is 4.88. The Labute approximate surface area is 118 Å². The normalized spacial score (nSPS) is 11.6. The predicted molar refractivity (Wildman–Crippen MR) is 77.6 cm³/mol. The molecule has 1 aromatic carbocycles. The summed E-state index contributed by atoms with van der Waals surface area (Å²) in [5, 5.41) is 8.35. The third-order valence-corrected chi connectivity index (χ3v) is 2.80. The van der Waals surface area contributed by atoms with Crippen LogP contribution in [-0.2, 0) is 9.53 Å². The number of carbonyl (C=O) groups excluding carboxylic acids is 2. The van der Waals surface area contributed by atoms with Crippen LogP contribution in [0.3, 0.4) is 0 Å². The van der Waals surface area contributed by atoms with Crippen LogP contribution in [0.15, 0.2) is 24.3 Å². The Morgan fingerprint density at radius 3 is 2.45 bits per heavy atom. The van der Waals surface area contributed by atoms with Gasteiger partial charge in [-0.3, -0.25) is 4.79 Å². The Bertz CT molecular complexity index is 445. The van der Waals surface area contributed by atoms with Crippen molar-refractivity contribution in [2.24, 2.45) is 0 Å². The Morgan fingerprint density at radius 1 is 1.25 bits per heavy atom. The Hall–Kier alpha value is -2.08. The maximum Gasteiger partial charge on any atom is 0.325 e. The number of anilines is 1. The Balaban J connectivity index is 2.48. The molecule has 0 saturated carbocycles. The van der Waals surface area contributed by atoms with Gasteiger partial charge in [0.2, 0.25) is 0 Å². The fraction of sp³-hybridized carbons (Fsp3) is 0.429. The summed E-state index contributed by atoms with van der Waals surface area (Å²) in [6.07, 6.45) is 0. The van der Waals surface area contributed by atoms with E-state index < -0.39 is 12.0 Å². The monoisotopic (exact) mass is 279 g/mol. The molecule has 0 saturated heterocycles. The second-order valence-corrected chi connectivity index (χ2v) is 4.29. The number of carbonyl (C=O) groups is 2. The summed E-state index contributed by atoms with van der Waals surface area (Å²) < 4.78 is 4.43. The molecule has 6 heteroatoms. The number of hydrogen-bond acceptors (Lipinski definition) is 4. The van der Waals surface area contributed by atoms with Crippen molar-refractivity contribution >= 4 is 17.7 Å². The summed E-state index contributed by atoms with van der Waals surface area (Å²) in [5.41, 5.74) is 1.81. The molecule has 0 heterocycles. The molecule has 0 bridgehead atoms. The summed E-state index contributed by atoms with van der Waals surface area (Å²) in [5.74, 6) is -0.491. The van der Waals surface area contributed by atoms with Gasteiger partial charge in [0, 0.05) is 11.7 Å². The molecule has 1 aromatic rings. The zero-order valence-electron chi connectivity index (χ0n) is 12.0. The van der Waals surface area contributed by atoms with E-state index in [2.05, 4.69) is 34.5 Å². The number of esters is 1. The molecule has 2 amide bonds. The molecule has 1 rings (SSSR count). The van der Waals surface area contributed by atoms with Gasteiger partial charge in [0.05, 0.1) is 7.11 Å². The van der Waals surface area contributed by atoms with Crippen LogP contribution in [0.2, 0.25) is 0 Å². The van der Waals surface area contributed by atoms with Crippen molar-refractivity contribution in [3.8, 4) is 0 Å². The second kappa shape index (κ2) is 8.16. The van der Waals surface area contributed by atoms with Gasteiger partial charge in [0.15, 0.2) is 0 Å². The van der Waals surface area contributed by atoms with Crippen LogP contribution in [0.4, 0.5) is 10.5 Å². The van der Waals surface area contributed by atoms with Gasteiger partial charge in [-0.25, -0.2) is 4.79 Å². The number of methoxy groups -OCH3 is 1. The van der Waals surface area contributed by atoms with Crippen molar-refractivity contribution in [2.75, 3.05) is 25.5 Å². The maximum atomic E-state index is 11.5. The van der Waals surface area contributed by atoms with E-state index in [9.17, 15) is 9.59 Å². The van der Waals surface area contributed by atoms with Gasteiger partial charge in [-0.05, 0) is 31.2 Å². The van der Waals surface area contributed by atoms with E-state index in [0.29, 0.717) is 5.69 Å². The summed E-state index contributed by atoms with van der Waals surface area (Å²) in [6, 6.07) is 7.36. The van der Waals surface area contributed by atoms with Crippen molar-refractivity contribution < 1.29 is 14.3 Å². The van der Waals surface area contributed by atoms with Crippen LogP contribution in [0.1, 0.15) is 25.5 Å². The van der Waals surface area contributed by atoms with Crippen molar-refractivity contribution in [2.45, 2.75) is 19.9 Å². The number of benzene rings is 1. The zero-order valence-corrected chi connectivity index (χ0v) is 12.0. The molecule has 0 aliphatic heterocycles. The van der Waals surface area contributed by atoms with E-state index in [4.69, 9.17) is 0 Å². The molecule has 6 nitrogen and oxygen atoms in total. The first-order chi connectivity index (χ1) is 9.56. The number of ether oxygens (including phenoxy) is 1. The van der Waals surface area contributed by atoms with Crippen molar-refractivity contribution in [1.82, 2.24) is 10.6 Å². The van der Waals surface area contributed by atoms with Crippen LogP contribution >= 0.6 is 0 Å². The van der Waals surface area contributed by atoms with Gasteiger partial charge in [-0.15, -0.1) is 0 Å². The van der Waals surface area contributed by atoms with Gasteiger partial charge in [0.1, 0.15) is 6.54 Å². The molecule has 0 radical (unpaired) electrons. The van der Waals surface area contributed by atoms with Gasteiger partial charge in [0.25, 0.3) is 0 Å². The fourth-order valence-electron chi connectivity index (χ4n) is 1.68. The molecule has 0 fully saturated rings. The molecule has 3 N–H and O–H groups in total. The SMILES string of the molecule is CCNC(C)c1ccc(NC(=O)NCC(=O)OC)cc1. The number of nitrogens with one attached hydrogen (secondary N) is 3. The van der Waals surface area contributed by atoms with E-state index in [1.54, 1.807) is 0 Å². The lowest BCUT2D eigenvalue weighted by Gasteiger charge is -2.13. The molecular weight excluding hydrogens is 258 g/mol. The van der Waals surface area contributed by atoms with Crippen molar-refractivity contribution in [1.29, 1.82) is 0 Å². The quantitative estimate of drug-likeness (QED) is 0.692. The van der Waals surface area contributed by atoms with Crippen LogP contribution in [0.5, 0.6) is 0 Å². The van der Waals surface area contributed by atoms with E-state index in [1.807, 2.05) is 24.3 Å². The summed E-state index contributed by atoms with van der Waals surface area (Å²) in [7, 11) is 1.27. The highest BCUT2D eigenvalue weighted by molar-refractivity contribution is 5.91. The predicted octanol–water partition coefficient (Wildman–Crippen LogP) is 1.65. The molecule has 0 spiro atoms. The first-order valence-electron chi connectivity index (χ1n) is 6.51. The van der Waals surface area contributed by atoms with Crippen LogP contribution in [0, 0.1) is 0 Å². The number of urea groups is 1. The van der Waals surface area contributed by atoms with Crippen molar-refractivity contribution in [3.63, 3.8) is 0 Å². The van der Waals surface area contributed by atoms with Gasteiger partial charge in [-0.1, -0.05) is 19.1 Å². The lowest BCUT2D eigenvalue weighted by molar-refractivity contribution is -0.139. The van der Waals surface area contributed by atoms with E-state index >= 15 is 0 Å². The van der Waals surface area contributed by atoms with Crippen LogP contribution < -0.4 is 16.0 Å². The molecule has 1 atom stereocenters. The minimum Gasteiger partial charge on any atom is -0.468 e. The number of hydrogen-bond donors (Lipinski definition) is 3. The standard InChI is InChI=1S/C14H21N3O3/c1-4-15-10(2)11-5-7-12(8-6-11)17-14(19)16-9-13(18)20-3/h5-8,10,15H,4,9H2,1-3H3,(H2,16,17,19). The molecule has 0 aliphatic carbocycles. The minimum atomic E-state index is -0.491. The largest absolute Gasteiger partial charge is 0.468 e. The zero-order chi connectivity index (χ0) is 15.0. The first kappa shape index (κ1) is 16.0. The van der Waals surface area contributed by atoms with Gasteiger partial charge in [-0.2, -0.15) is 0 Å². The highest BCUT2D eigenvalue weighted by Gasteiger charge is 2.06. The lowest BCUT2D eigenvalue weighted by atomic mass is 10.1. The van der Waals surface area contributed by atoms with E-state index in [-0.39, 0.29) is 12.6 Å². The molecular formula is C14H21N3O3. The topological polar surface area (TPSA) is 79.5 Å². The second-order valence-electron chi connectivity index (χ2n) is 4.29. The molecule has 1 unspecified atom stereocenters. The van der Waals surface area contributed by atoms with Gasteiger partial charge < -0.3 is 20.7 Å². The number of rotatable bonds is 6. The van der Waals surface area contributed by atoms with Crippen molar-refractivity contribution in [3.05, 3.63) is 29.8 Å². The minimum absolute atomic E-state index is 0.155. The molecule has 0 aromatic heterocycles. The lowest BCUT2D eigenvalue weighted by Crippen LogP contribution is -2.33. The molecule has 20 heavy (non-hydrogen) atoms. The molecule has 0 aliphatic rings. The van der Waals surface area contributed by atoms with E-state index in [0.717, 1.165) is 12.1 Å². The van der Waals surface area contributed by atoms with Gasteiger partial charge >= 0.3 is 12.0 Å². The summed E-state index contributed by atoms with van der Waals surface area (Å²) >= 11 is 0. The maximum absolute atomic E-state index is 11.5. The average Bonchev–Trinajstić information content (AvgIpc) is 2.45. The Morgan fingerprint density at radius 2 is 1.90 bits per heavy atom. The van der Waals surface area contributed by atoms with E-state index in [1.165, 1.54) is 7.11 Å². The Kier molecular flexibility index (Phi) is 6.52. The first-order valence-corrected chi connectivity index (χ1v) is 6.51. The highest BCUT2D eigenvalue weighted by Crippen LogP contribution is 2.15. The highest BCUT2D eigenvalue weighted by atomic mass is 16.5.